The summed E-state index contributed by atoms with van der Waals surface area (Å²) in [6.45, 7) is 3.53. The van der Waals surface area contributed by atoms with Crippen LogP contribution in [0, 0.1) is 0 Å². The summed E-state index contributed by atoms with van der Waals surface area (Å²) in [7, 11) is 0. The van der Waals surface area contributed by atoms with Crippen LogP contribution in [0.2, 0.25) is 0 Å². The Bertz CT molecular complexity index is 172. The van der Waals surface area contributed by atoms with Crippen molar-refractivity contribution in [3.8, 4) is 0 Å². The molecule has 0 aromatic carbocycles. The maximum Gasteiger partial charge on any atom is 0.0198 e. The molecule has 102 valence electrons. The van der Waals surface area contributed by atoms with E-state index in [4.69, 9.17) is 0 Å². The summed E-state index contributed by atoms with van der Waals surface area (Å²) in [6.07, 6.45) is 16.5. The molecule has 0 radical (unpaired) electrons. The summed E-state index contributed by atoms with van der Waals surface area (Å²) in [5.41, 5.74) is 0. The molecule has 1 rings (SSSR count). The van der Waals surface area contributed by atoms with Gasteiger partial charge in [0.2, 0.25) is 0 Å². The molecular weight excluding hydrogens is 226 g/mol. The van der Waals surface area contributed by atoms with Gasteiger partial charge in [0.05, 0.1) is 0 Å². The van der Waals surface area contributed by atoms with Gasteiger partial charge in [-0.1, -0.05) is 51.9 Å². The van der Waals surface area contributed by atoms with Crippen LogP contribution in [0.3, 0.4) is 0 Å². The smallest absolute Gasteiger partial charge is 0.0198 e. The van der Waals surface area contributed by atoms with E-state index in [1.54, 1.807) is 0 Å². The van der Waals surface area contributed by atoms with E-state index in [1.165, 1.54) is 70.8 Å². The van der Waals surface area contributed by atoms with E-state index in [1.807, 2.05) is 0 Å². The van der Waals surface area contributed by atoms with Crippen LogP contribution in [0.5, 0.6) is 0 Å². The van der Waals surface area contributed by atoms with E-state index in [9.17, 15) is 0 Å². The standard InChI is InChI=1S/C15H31NS/c1-3-4-5-6-7-8-9-13-16-14-11-10-12-15(14)17-2/h14-16H,3-13H2,1-2H3. The van der Waals surface area contributed by atoms with Gasteiger partial charge in [-0.15, -0.1) is 0 Å². The van der Waals surface area contributed by atoms with Crippen molar-refractivity contribution >= 4 is 11.8 Å². The maximum absolute atomic E-state index is 3.76. The van der Waals surface area contributed by atoms with Gasteiger partial charge in [0, 0.05) is 11.3 Å². The van der Waals surface area contributed by atoms with Crippen molar-refractivity contribution in [1.29, 1.82) is 0 Å². The van der Waals surface area contributed by atoms with Gasteiger partial charge in [-0.2, -0.15) is 11.8 Å². The Hall–Kier alpha value is 0.310. The van der Waals surface area contributed by atoms with Gasteiger partial charge in [0.25, 0.3) is 0 Å². The number of hydrogen-bond acceptors (Lipinski definition) is 2. The lowest BCUT2D eigenvalue weighted by molar-refractivity contribution is 0.501. The zero-order valence-electron chi connectivity index (χ0n) is 11.8. The van der Waals surface area contributed by atoms with Crippen molar-refractivity contribution in [1.82, 2.24) is 5.32 Å². The van der Waals surface area contributed by atoms with E-state index in [2.05, 4.69) is 30.3 Å². The average Bonchev–Trinajstić information content (AvgIpc) is 2.80. The minimum Gasteiger partial charge on any atom is -0.313 e. The molecule has 0 aromatic heterocycles. The predicted octanol–water partition coefficient (Wildman–Crippen LogP) is 4.61. The number of unbranched alkanes of at least 4 members (excludes halogenated alkanes) is 6. The first kappa shape index (κ1) is 15.4. The molecule has 0 amide bonds. The van der Waals surface area contributed by atoms with Crippen LogP contribution in [0.1, 0.15) is 71.1 Å². The van der Waals surface area contributed by atoms with Crippen molar-refractivity contribution in [3.05, 3.63) is 0 Å². The van der Waals surface area contributed by atoms with E-state index in [-0.39, 0.29) is 0 Å². The minimum absolute atomic E-state index is 0.810. The van der Waals surface area contributed by atoms with Crippen LogP contribution in [-0.2, 0) is 0 Å². The largest absolute Gasteiger partial charge is 0.313 e. The van der Waals surface area contributed by atoms with Crippen LogP contribution in [-0.4, -0.2) is 24.1 Å². The molecule has 17 heavy (non-hydrogen) atoms. The Kier molecular flexibility index (Phi) is 9.27. The topological polar surface area (TPSA) is 12.0 Å². The average molecular weight is 257 g/mol. The molecule has 0 saturated heterocycles. The van der Waals surface area contributed by atoms with Crippen LogP contribution in [0.25, 0.3) is 0 Å². The highest BCUT2D eigenvalue weighted by atomic mass is 32.2. The SMILES string of the molecule is CCCCCCCCCNC1CCCC1SC. The molecule has 1 fully saturated rings. The third-order valence-electron chi connectivity index (χ3n) is 3.94. The molecular formula is C15H31NS. The zero-order valence-corrected chi connectivity index (χ0v) is 12.7. The molecule has 2 unspecified atom stereocenters. The third-order valence-corrected chi connectivity index (χ3v) is 5.11. The molecule has 2 heteroatoms. The summed E-state index contributed by atoms with van der Waals surface area (Å²) < 4.78 is 0. The number of hydrogen-bond donors (Lipinski definition) is 1. The van der Waals surface area contributed by atoms with Crippen LogP contribution in [0.4, 0.5) is 0 Å². The fraction of sp³-hybridized carbons (Fsp3) is 1.00. The van der Waals surface area contributed by atoms with Crippen LogP contribution >= 0.6 is 11.8 Å². The van der Waals surface area contributed by atoms with Gasteiger partial charge in [0.15, 0.2) is 0 Å². The lowest BCUT2D eigenvalue weighted by Crippen LogP contribution is -2.34. The van der Waals surface area contributed by atoms with Gasteiger partial charge < -0.3 is 5.32 Å². The first-order valence-corrected chi connectivity index (χ1v) is 8.93. The number of rotatable bonds is 10. The fourth-order valence-corrected chi connectivity index (χ4v) is 3.77. The molecule has 0 aliphatic heterocycles. The fourth-order valence-electron chi connectivity index (χ4n) is 2.81. The molecule has 1 saturated carbocycles. The Morgan fingerprint density at radius 2 is 1.71 bits per heavy atom. The highest BCUT2D eigenvalue weighted by molar-refractivity contribution is 7.99. The third kappa shape index (κ3) is 6.71. The summed E-state index contributed by atoms with van der Waals surface area (Å²) in [5.74, 6) is 0. The first-order chi connectivity index (χ1) is 8.38. The first-order valence-electron chi connectivity index (χ1n) is 7.64. The Morgan fingerprint density at radius 3 is 2.41 bits per heavy atom. The second kappa shape index (κ2) is 10.3. The molecule has 2 atom stereocenters. The lowest BCUT2D eigenvalue weighted by Gasteiger charge is -2.19. The Labute approximate surface area is 113 Å². The summed E-state index contributed by atoms with van der Waals surface area (Å²) >= 11 is 2.06. The Balaban J connectivity index is 1.87. The Morgan fingerprint density at radius 1 is 1.00 bits per heavy atom. The molecule has 0 heterocycles. The molecule has 0 spiro atoms. The molecule has 1 aliphatic rings. The highest BCUT2D eigenvalue weighted by Gasteiger charge is 2.25. The number of thioether (sulfide) groups is 1. The zero-order chi connectivity index (χ0) is 12.3. The predicted molar refractivity (Wildman–Crippen MR) is 80.9 cm³/mol. The van der Waals surface area contributed by atoms with E-state index in [0.717, 1.165) is 11.3 Å². The van der Waals surface area contributed by atoms with Gasteiger partial charge in [-0.05, 0) is 32.1 Å². The summed E-state index contributed by atoms with van der Waals surface area (Å²) in [5, 5.41) is 4.65. The van der Waals surface area contributed by atoms with Crippen LogP contribution < -0.4 is 5.32 Å². The molecule has 1 N–H and O–H groups in total. The van der Waals surface area contributed by atoms with Gasteiger partial charge in [0.1, 0.15) is 0 Å². The van der Waals surface area contributed by atoms with Gasteiger partial charge in [-0.25, -0.2) is 0 Å². The minimum atomic E-state index is 0.810. The van der Waals surface area contributed by atoms with E-state index in [0.29, 0.717) is 0 Å². The van der Waals surface area contributed by atoms with Crippen molar-refractivity contribution < 1.29 is 0 Å². The normalized spacial score (nSPS) is 24.4. The van der Waals surface area contributed by atoms with Crippen molar-refractivity contribution in [2.45, 2.75) is 82.4 Å². The number of nitrogens with one attached hydrogen (secondary N) is 1. The second-order valence-electron chi connectivity index (χ2n) is 5.39. The second-order valence-corrected chi connectivity index (χ2v) is 6.46. The molecule has 1 aliphatic carbocycles. The van der Waals surface area contributed by atoms with E-state index >= 15 is 0 Å². The monoisotopic (exact) mass is 257 g/mol. The summed E-state index contributed by atoms with van der Waals surface area (Å²) in [4.78, 5) is 0. The quantitative estimate of drug-likeness (QED) is 0.574. The maximum atomic E-state index is 3.76. The molecule has 0 bridgehead atoms. The van der Waals surface area contributed by atoms with E-state index < -0.39 is 0 Å². The van der Waals surface area contributed by atoms with Gasteiger partial charge >= 0.3 is 0 Å². The van der Waals surface area contributed by atoms with Crippen LogP contribution in [0.15, 0.2) is 0 Å². The highest BCUT2D eigenvalue weighted by Crippen LogP contribution is 2.28. The van der Waals surface area contributed by atoms with Gasteiger partial charge in [-0.3, -0.25) is 0 Å². The van der Waals surface area contributed by atoms with Crippen molar-refractivity contribution in [2.75, 3.05) is 12.8 Å². The molecule has 0 aromatic rings. The summed E-state index contributed by atoms with van der Waals surface area (Å²) in [6, 6.07) is 0.810. The molecule has 1 nitrogen and oxygen atoms in total. The van der Waals surface area contributed by atoms with Crippen molar-refractivity contribution in [3.63, 3.8) is 0 Å². The van der Waals surface area contributed by atoms with Crippen molar-refractivity contribution in [2.24, 2.45) is 0 Å². The lowest BCUT2D eigenvalue weighted by atomic mass is 10.1.